The maximum absolute atomic E-state index is 12.6. The highest BCUT2D eigenvalue weighted by Gasteiger charge is 2.45. The van der Waals surface area contributed by atoms with Gasteiger partial charge in [-0.15, -0.1) is 0 Å². The number of likely N-dealkylation sites (tertiary alicyclic amines) is 1. The fourth-order valence-corrected chi connectivity index (χ4v) is 2.68. The minimum Gasteiger partial charge on any atom is -0.464 e. The molecular formula is C16H21NO3. The lowest BCUT2D eigenvalue weighted by molar-refractivity contribution is -0.157. The van der Waals surface area contributed by atoms with Gasteiger partial charge in [0.15, 0.2) is 0 Å². The van der Waals surface area contributed by atoms with Gasteiger partial charge >= 0.3 is 5.97 Å². The van der Waals surface area contributed by atoms with E-state index in [9.17, 15) is 9.59 Å². The quantitative estimate of drug-likeness (QED) is 0.797. The fraction of sp³-hybridized carbons (Fsp3) is 0.500. The van der Waals surface area contributed by atoms with Crippen molar-refractivity contribution in [2.75, 3.05) is 13.2 Å². The highest BCUT2D eigenvalue weighted by Crippen LogP contribution is 2.30. The Hall–Kier alpha value is -1.84. The summed E-state index contributed by atoms with van der Waals surface area (Å²) in [6, 6.07) is 9.10. The smallest absolute Gasteiger partial charge is 0.331 e. The van der Waals surface area contributed by atoms with E-state index in [1.54, 1.807) is 24.0 Å². The van der Waals surface area contributed by atoms with Gasteiger partial charge in [0, 0.05) is 12.1 Å². The summed E-state index contributed by atoms with van der Waals surface area (Å²) in [7, 11) is 0. The fourth-order valence-electron chi connectivity index (χ4n) is 2.68. The molecule has 1 saturated heterocycles. The number of benzene rings is 1. The minimum absolute atomic E-state index is 0.0964. The van der Waals surface area contributed by atoms with Gasteiger partial charge in [-0.05, 0) is 45.2 Å². The number of esters is 1. The van der Waals surface area contributed by atoms with Crippen molar-refractivity contribution in [2.24, 2.45) is 0 Å². The van der Waals surface area contributed by atoms with E-state index < -0.39 is 5.54 Å². The molecule has 1 aliphatic heterocycles. The van der Waals surface area contributed by atoms with Gasteiger partial charge in [-0.1, -0.05) is 18.2 Å². The lowest BCUT2D eigenvalue weighted by atomic mass is 9.87. The number of carbonyl (C=O) groups is 2. The Labute approximate surface area is 119 Å². The predicted molar refractivity (Wildman–Crippen MR) is 76.4 cm³/mol. The summed E-state index contributed by atoms with van der Waals surface area (Å²) in [4.78, 5) is 26.6. The van der Waals surface area contributed by atoms with Crippen molar-refractivity contribution in [1.82, 2.24) is 4.90 Å². The van der Waals surface area contributed by atoms with Crippen LogP contribution in [0, 0.1) is 0 Å². The summed E-state index contributed by atoms with van der Waals surface area (Å²) in [5.41, 5.74) is -0.230. The lowest BCUT2D eigenvalue weighted by Crippen LogP contribution is -2.58. The first-order chi connectivity index (χ1) is 9.59. The number of nitrogens with zero attached hydrogens (tertiary/aromatic N) is 1. The number of ether oxygens (including phenoxy) is 1. The van der Waals surface area contributed by atoms with Crippen LogP contribution in [0.5, 0.6) is 0 Å². The van der Waals surface area contributed by atoms with E-state index in [0.717, 1.165) is 12.8 Å². The maximum atomic E-state index is 12.6. The molecule has 1 atom stereocenters. The second kappa shape index (κ2) is 6.07. The number of amides is 1. The monoisotopic (exact) mass is 275 g/mol. The molecule has 1 aliphatic rings. The molecule has 0 bridgehead atoms. The third-order valence-electron chi connectivity index (χ3n) is 3.87. The molecule has 0 N–H and O–H groups in total. The van der Waals surface area contributed by atoms with E-state index >= 15 is 0 Å². The molecule has 0 aromatic heterocycles. The van der Waals surface area contributed by atoms with Crippen LogP contribution >= 0.6 is 0 Å². The van der Waals surface area contributed by atoms with Crippen LogP contribution in [0.1, 0.15) is 43.5 Å². The molecule has 4 heteroatoms. The Balaban J connectivity index is 2.27. The zero-order valence-electron chi connectivity index (χ0n) is 12.1. The average Bonchev–Trinajstić information content (AvgIpc) is 2.48. The van der Waals surface area contributed by atoms with Crippen LogP contribution < -0.4 is 0 Å². The normalized spacial score (nSPS) is 22.4. The van der Waals surface area contributed by atoms with Gasteiger partial charge < -0.3 is 9.64 Å². The van der Waals surface area contributed by atoms with E-state index in [4.69, 9.17) is 4.74 Å². The summed E-state index contributed by atoms with van der Waals surface area (Å²) in [6.45, 7) is 4.53. The summed E-state index contributed by atoms with van der Waals surface area (Å²) in [5.74, 6) is -0.398. The van der Waals surface area contributed by atoms with Gasteiger partial charge in [0.2, 0.25) is 0 Å². The van der Waals surface area contributed by atoms with Crippen molar-refractivity contribution in [3.63, 3.8) is 0 Å². The summed E-state index contributed by atoms with van der Waals surface area (Å²) < 4.78 is 5.17. The summed E-state index contributed by atoms with van der Waals surface area (Å²) in [5, 5.41) is 0. The van der Waals surface area contributed by atoms with Crippen LogP contribution in [0.25, 0.3) is 0 Å². The second-order valence-corrected chi connectivity index (χ2v) is 5.27. The van der Waals surface area contributed by atoms with E-state index in [1.165, 1.54) is 0 Å². The third-order valence-corrected chi connectivity index (χ3v) is 3.87. The topological polar surface area (TPSA) is 46.6 Å². The number of hydrogen-bond donors (Lipinski definition) is 0. The first-order valence-electron chi connectivity index (χ1n) is 7.14. The molecule has 2 rings (SSSR count). The average molecular weight is 275 g/mol. The van der Waals surface area contributed by atoms with Crippen LogP contribution in [0.2, 0.25) is 0 Å². The van der Waals surface area contributed by atoms with Gasteiger partial charge in [0.05, 0.1) is 6.61 Å². The minimum atomic E-state index is -0.846. The Morgan fingerprint density at radius 3 is 2.60 bits per heavy atom. The summed E-state index contributed by atoms with van der Waals surface area (Å²) in [6.07, 6.45) is 2.52. The zero-order valence-corrected chi connectivity index (χ0v) is 12.1. The van der Waals surface area contributed by atoms with Crippen molar-refractivity contribution in [1.29, 1.82) is 0 Å². The zero-order chi connectivity index (χ0) is 14.6. The van der Waals surface area contributed by atoms with Crippen LogP contribution in [-0.2, 0) is 9.53 Å². The molecule has 1 aromatic carbocycles. The molecule has 1 unspecified atom stereocenters. The van der Waals surface area contributed by atoms with Gasteiger partial charge in [-0.2, -0.15) is 0 Å². The van der Waals surface area contributed by atoms with E-state index in [1.807, 2.05) is 25.1 Å². The van der Waals surface area contributed by atoms with Gasteiger partial charge in [0.1, 0.15) is 5.54 Å². The van der Waals surface area contributed by atoms with E-state index in [-0.39, 0.29) is 11.9 Å². The third kappa shape index (κ3) is 2.69. The molecule has 0 aliphatic carbocycles. The van der Waals surface area contributed by atoms with Crippen LogP contribution in [0.3, 0.4) is 0 Å². The molecule has 0 radical (unpaired) electrons. The SMILES string of the molecule is CCOC(=O)C1(C)CCCCN1C(=O)c1ccccc1. The van der Waals surface area contributed by atoms with Gasteiger partial charge in [0.25, 0.3) is 5.91 Å². The highest BCUT2D eigenvalue weighted by molar-refractivity contribution is 5.98. The molecule has 1 heterocycles. The second-order valence-electron chi connectivity index (χ2n) is 5.27. The van der Waals surface area contributed by atoms with Crippen LogP contribution in [-0.4, -0.2) is 35.5 Å². The van der Waals surface area contributed by atoms with Crippen molar-refractivity contribution in [2.45, 2.75) is 38.6 Å². The predicted octanol–water partition coefficient (Wildman–Crippen LogP) is 2.63. The number of hydrogen-bond acceptors (Lipinski definition) is 3. The number of rotatable bonds is 3. The number of carbonyl (C=O) groups excluding carboxylic acids is 2. The molecule has 1 fully saturated rings. The Kier molecular flexibility index (Phi) is 4.42. The maximum Gasteiger partial charge on any atom is 0.331 e. The van der Waals surface area contributed by atoms with E-state index in [2.05, 4.69) is 0 Å². The lowest BCUT2D eigenvalue weighted by Gasteiger charge is -2.42. The van der Waals surface area contributed by atoms with Crippen molar-refractivity contribution >= 4 is 11.9 Å². The standard InChI is InChI=1S/C16H21NO3/c1-3-20-15(19)16(2)11-7-8-12-17(16)14(18)13-9-5-4-6-10-13/h4-6,9-10H,3,7-8,11-12H2,1-2H3. The Bertz CT molecular complexity index is 486. The molecule has 20 heavy (non-hydrogen) atoms. The van der Waals surface area contributed by atoms with Crippen molar-refractivity contribution in [3.05, 3.63) is 35.9 Å². The highest BCUT2D eigenvalue weighted by atomic mass is 16.5. The molecule has 1 aromatic rings. The van der Waals surface area contributed by atoms with Gasteiger partial charge in [-0.3, -0.25) is 4.79 Å². The summed E-state index contributed by atoms with van der Waals surface area (Å²) >= 11 is 0. The largest absolute Gasteiger partial charge is 0.464 e. The Morgan fingerprint density at radius 1 is 1.25 bits per heavy atom. The van der Waals surface area contributed by atoms with Crippen LogP contribution in [0.15, 0.2) is 30.3 Å². The molecule has 1 amide bonds. The van der Waals surface area contributed by atoms with Crippen LogP contribution in [0.4, 0.5) is 0 Å². The first-order valence-corrected chi connectivity index (χ1v) is 7.14. The van der Waals surface area contributed by atoms with Crippen molar-refractivity contribution < 1.29 is 14.3 Å². The first kappa shape index (κ1) is 14.6. The number of piperidine rings is 1. The van der Waals surface area contributed by atoms with E-state index in [0.29, 0.717) is 25.1 Å². The molecule has 0 spiro atoms. The molecule has 4 nitrogen and oxygen atoms in total. The van der Waals surface area contributed by atoms with Crippen molar-refractivity contribution in [3.8, 4) is 0 Å². The Morgan fingerprint density at radius 2 is 1.95 bits per heavy atom. The molecule has 108 valence electrons. The van der Waals surface area contributed by atoms with Gasteiger partial charge in [-0.25, -0.2) is 4.79 Å². The molecular weight excluding hydrogens is 254 g/mol. The molecule has 0 saturated carbocycles.